The van der Waals surface area contributed by atoms with Gasteiger partial charge in [-0.25, -0.2) is 0 Å². The number of aromatic nitrogens is 4. The van der Waals surface area contributed by atoms with Crippen LogP contribution in [0.3, 0.4) is 0 Å². The van der Waals surface area contributed by atoms with E-state index in [1.165, 1.54) is 5.69 Å². The highest BCUT2D eigenvalue weighted by Gasteiger charge is 2.11. The van der Waals surface area contributed by atoms with Gasteiger partial charge in [-0.15, -0.1) is 10.2 Å². The van der Waals surface area contributed by atoms with Gasteiger partial charge in [0, 0.05) is 31.8 Å². The standard InChI is InChI=1S/C13H15N5S/c1-4-11-14-15-13-18(11)16-12(19-13)9-5-7-10(8-6-9)17(2)3/h5-8H,4H2,1-3H3. The predicted octanol–water partition coefficient (Wildman–Crippen LogP) is 2.48. The predicted molar refractivity (Wildman–Crippen MR) is 77.8 cm³/mol. The van der Waals surface area contributed by atoms with Crippen molar-refractivity contribution in [1.82, 2.24) is 19.8 Å². The van der Waals surface area contributed by atoms with Crippen LogP contribution in [0.4, 0.5) is 5.69 Å². The molecule has 3 aromatic rings. The summed E-state index contributed by atoms with van der Waals surface area (Å²) in [5, 5.41) is 13.8. The Hall–Kier alpha value is -1.95. The maximum absolute atomic E-state index is 4.58. The quantitative estimate of drug-likeness (QED) is 0.735. The van der Waals surface area contributed by atoms with Crippen LogP contribution < -0.4 is 4.90 Å². The van der Waals surface area contributed by atoms with E-state index in [1.807, 2.05) is 18.6 Å². The van der Waals surface area contributed by atoms with Crippen LogP contribution >= 0.6 is 11.3 Å². The summed E-state index contributed by atoms with van der Waals surface area (Å²) in [4.78, 5) is 2.93. The SMILES string of the molecule is CCc1nnc2sc(-c3ccc(N(C)C)cc3)nn12. The molecular formula is C13H15N5S. The van der Waals surface area contributed by atoms with Crippen molar-refractivity contribution in [2.75, 3.05) is 19.0 Å². The molecule has 3 rings (SSSR count). The molecule has 6 heteroatoms. The molecule has 0 unspecified atom stereocenters. The first-order chi connectivity index (χ1) is 9.19. The lowest BCUT2D eigenvalue weighted by Gasteiger charge is -2.11. The number of hydrogen-bond donors (Lipinski definition) is 0. The lowest BCUT2D eigenvalue weighted by atomic mass is 10.2. The molecule has 2 heterocycles. The van der Waals surface area contributed by atoms with Gasteiger partial charge >= 0.3 is 0 Å². The van der Waals surface area contributed by atoms with Crippen LogP contribution in [0.2, 0.25) is 0 Å². The molecule has 19 heavy (non-hydrogen) atoms. The molecule has 98 valence electrons. The van der Waals surface area contributed by atoms with Gasteiger partial charge in [-0.05, 0) is 24.3 Å². The first-order valence-electron chi connectivity index (χ1n) is 6.18. The van der Waals surface area contributed by atoms with Gasteiger partial charge in [-0.2, -0.15) is 9.61 Å². The Morgan fingerprint density at radius 2 is 1.89 bits per heavy atom. The Kier molecular flexibility index (Phi) is 2.94. The second kappa shape index (κ2) is 4.62. The van der Waals surface area contributed by atoms with Gasteiger partial charge < -0.3 is 4.90 Å². The molecule has 0 aliphatic rings. The van der Waals surface area contributed by atoms with Crippen molar-refractivity contribution >= 4 is 22.0 Å². The van der Waals surface area contributed by atoms with Crippen LogP contribution in [0.15, 0.2) is 24.3 Å². The molecule has 0 radical (unpaired) electrons. The van der Waals surface area contributed by atoms with Crippen molar-refractivity contribution in [3.63, 3.8) is 0 Å². The Balaban J connectivity index is 2.01. The third-order valence-corrected chi connectivity index (χ3v) is 3.95. The minimum absolute atomic E-state index is 0.837. The molecular weight excluding hydrogens is 258 g/mol. The third-order valence-electron chi connectivity index (χ3n) is 3.00. The summed E-state index contributed by atoms with van der Waals surface area (Å²) in [5.74, 6) is 0.905. The minimum Gasteiger partial charge on any atom is -0.378 e. The number of hydrogen-bond acceptors (Lipinski definition) is 5. The zero-order valence-electron chi connectivity index (χ0n) is 11.2. The minimum atomic E-state index is 0.837. The first kappa shape index (κ1) is 12.1. The molecule has 5 nitrogen and oxygen atoms in total. The van der Waals surface area contributed by atoms with Crippen LogP contribution in [-0.4, -0.2) is 33.9 Å². The van der Waals surface area contributed by atoms with Crippen LogP contribution in [0.5, 0.6) is 0 Å². The molecule has 1 aromatic carbocycles. The van der Waals surface area contributed by atoms with Crippen LogP contribution in [0.25, 0.3) is 15.5 Å². The highest BCUT2D eigenvalue weighted by Crippen LogP contribution is 2.27. The van der Waals surface area contributed by atoms with Crippen molar-refractivity contribution in [2.45, 2.75) is 13.3 Å². The average molecular weight is 273 g/mol. The fourth-order valence-electron chi connectivity index (χ4n) is 1.90. The maximum atomic E-state index is 4.58. The van der Waals surface area contributed by atoms with E-state index in [1.54, 1.807) is 11.3 Å². The lowest BCUT2D eigenvalue weighted by Crippen LogP contribution is -2.07. The Bertz CT molecular complexity index is 695. The van der Waals surface area contributed by atoms with E-state index in [0.29, 0.717) is 0 Å². The average Bonchev–Trinajstić information content (AvgIpc) is 2.98. The summed E-state index contributed by atoms with van der Waals surface area (Å²) in [6.45, 7) is 2.06. The molecule has 0 spiro atoms. The summed E-state index contributed by atoms with van der Waals surface area (Å²) in [6.07, 6.45) is 0.837. The summed E-state index contributed by atoms with van der Waals surface area (Å²) in [6, 6.07) is 8.37. The largest absolute Gasteiger partial charge is 0.378 e. The van der Waals surface area contributed by atoms with E-state index in [-0.39, 0.29) is 0 Å². The summed E-state index contributed by atoms with van der Waals surface area (Å²) < 4.78 is 1.83. The van der Waals surface area contributed by atoms with E-state index in [0.717, 1.165) is 27.8 Å². The second-order valence-corrected chi connectivity index (χ2v) is 5.47. The van der Waals surface area contributed by atoms with Crippen LogP contribution in [-0.2, 0) is 6.42 Å². The molecule has 0 aliphatic carbocycles. The van der Waals surface area contributed by atoms with Crippen LogP contribution in [0, 0.1) is 0 Å². The molecule has 2 aromatic heterocycles. The van der Waals surface area contributed by atoms with Crippen molar-refractivity contribution < 1.29 is 0 Å². The van der Waals surface area contributed by atoms with Gasteiger partial charge in [-0.1, -0.05) is 18.3 Å². The van der Waals surface area contributed by atoms with Gasteiger partial charge in [-0.3, -0.25) is 0 Å². The Morgan fingerprint density at radius 1 is 1.16 bits per heavy atom. The van der Waals surface area contributed by atoms with Gasteiger partial charge in [0.1, 0.15) is 5.01 Å². The Labute approximate surface area is 115 Å². The molecule has 0 aliphatic heterocycles. The van der Waals surface area contributed by atoms with Gasteiger partial charge in [0.15, 0.2) is 5.82 Å². The summed E-state index contributed by atoms with van der Waals surface area (Å²) in [5.41, 5.74) is 2.30. The number of anilines is 1. The number of benzene rings is 1. The first-order valence-corrected chi connectivity index (χ1v) is 6.99. The monoisotopic (exact) mass is 273 g/mol. The number of fused-ring (bicyclic) bond motifs is 1. The zero-order valence-corrected chi connectivity index (χ0v) is 12.0. The van der Waals surface area contributed by atoms with E-state index in [2.05, 4.69) is 51.4 Å². The van der Waals surface area contributed by atoms with E-state index >= 15 is 0 Å². The number of aryl methyl sites for hydroxylation is 1. The van der Waals surface area contributed by atoms with E-state index in [9.17, 15) is 0 Å². The zero-order chi connectivity index (χ0) is 13.4. The number of nitrogens with zero attached hydrogens (tertiary/aromatic N) is 5. The van der Waals surface area contributed by atoms with Crippen molar-refractivity contribution in [3.05, 3.63) is 30.1 Å². The summed E-state index contributed by atoms with van der Waals surface area (Å²) >= 11 is 1.57. The van der Waals surface area contributed by atoms with Gasteiger partial charge in [0.05, 0.1) is 0 Å². The highest BCUT2D eigenvalue weighted by molar-refractivity contribution is 7.19. The maximum Gasteiger partial charge on any atom is 0.234 e. The van der Waals surface area contributed by atoms with Crippen molar-refractivity contribution in [2.24, 2.45) is 0 Å². The van der Waals surface area contributed by atoms with E-state index < -0.39 is 0 Å². The normalized spacial score (nSPS) is 11.1. The fraction of sp³-hybridized carbons (Fsp3) is 0.308. The molecule has 0 saturated carbocycles. The molecule has 0 atom stereocenters. The topological polar surface area (TPSA) is 46.3 Å². The fourth-order valence-corrected chi connectivity index (χ4v) is 2.76. The number of rotatable bonds is 3. The molecule has 0 saturated heterocycles. The molecule has 0 amide bonds. The van der Waals surface area contributed by atoms with Crippen LogP contribution in [0.1, 0.15) is 12.7 Å². The highest BCUT2D eigenvalue weighted by atomic mass is 32.1. The van der Waals surface area contributed by atoms with E-state index in [4.69, 9.17) is 0 Å². The smallest absolute Gasteiger partial charge is 0.234 e. The third kappa shape index (κ3) is 2.08. The Morgan fingerprint density at radius 3 is 2.53 bits per heavy atom. The van der Waals surface area contributed by atoms with Gasteiger partial charge in [0.25, 0.3) is 0 Å². The lowest BCUT2D eigenvalue weighted by molar-refractivity contribution is 0.838. The summed E-state index contributed by atoms with van der Waals surface area (Å²) in [7, 11) is 4.07. The van der Waals surface area contributed by atoms with Crippen molar-refractivity contribution in [3.8, 4) is 10.6 Å². The van der Waals surface area contributed by atoms with Crippen molar-refractivity contribution in [1.29, 1.82) is 0 Å². The second-order valence-electron chi connectivity index (χ2n) is 4.51. The van der Waals surface area contributed by atoms with Gasteiger partial charge in [0.2, 0.25) is 4.96 Å². The molecule has 0 bridgehead atoms. The molecule has 0 N–H and O–H groups in total. The molecule has 0 fully saturated rings.